The first-order chi connectivity index (χ1) is 13.2. The van der Waals surface area contributed by atoms with Crippen LogP contribution in [0.2, 0.25) is 0 Å². The Hall–Kier alpha value is -3.11. The van der Waals surface area contributed by atoms with E-state index in [1.807, 2.05) is 60.7 Å². The van der Waals surface area contributed by atoms with Crippen LogP contribution in [0.5, 0.6) is 11.5 Å². The van der Waals surface area contributed by atoms with E-state index in [9.17, 15) is 4.79 Å². The average molecular weight is 362 g/mol. The van der Waals surface area contributed by atoms with Crippen LogP contribution in [0.3, 0.4) is 0 Å². The largest absolute Gasteiger partial charge is 0.497 e. The number of hydrogen-bond donors (Lipinski definition) is 0. The van der Waals surface area contributed by atoms with Crippen molar-refractivity contribution in [3.8, 4) is 11.5 Å². The van der Waals surface area contributed by atoms with Gasteiger partial charge in [-0.1, -0.05) is 60.7 Å². The molecular weight excluding hydrogens is 340 g/mol. The molecule has 0 N–H and O–H groups in total. The highest BCUT2D eigenvalue weighted by molar-refractivity contribution is 6.00. The first-order valence-corrected chi connectivity index (χ1v) is 8.69. The molecule has 4 nitrogen and oxygen atoms in total. The van der Waals surface area contributed by atoms with Crippen molar-refractivity contribution >= 4 is 5.78 Å². The highest BCUT2D eigenvalue weighted by atomic mass is 16.5. The van der Waals surface area contributed by atoms with Crippen molar-refractivity contribution in [3.63, 3.8) is 0 Å². The Kier molecular flexibility index (Phi) is 6.23. The van der Waals surface area contributed by atoms with Crippen molar-refractivity contribution in [2.24, 2.45) is 0 Å². The van der Waals surface area contributed by atoms with E-state index in [1.54, 1.807) is 25.3 Å². The Bertz CT molecular complexity index is 836. The summed E-state index contributed by atoms with van der Waals surface area (Å²) in [6, 6.07) is 24.9. The Morgan fingerprint density at radius 3 is 1.93 bits per heavy atom. The van der Waals surface area contributed by atoms with Crippen LogP contribution in [0, 0.1) is 0 Å². The third-order valence-electron chi connectivity index (χ3n) is 4.29. The SMILES string of the molecule is COc1ccc(OC)c(C(=O)COC(c2ccccc2)c2ccccc2)c1. The molecule has 0 amide bonds. The van der Waals surface area contributed by atoms with Gasteiger partial charge in [-0.05, 0) is 29.3 Å². The summed E-state index contributed by atoms with van der Waals surface area (Å²) in [5.41, 5.74) is 2.43. The molecule has 138 valence electrons. The Morgan fingerprint density at radius 2 is 1.41 bits per heavy atom. The quantitative estimate of drug-likeness (QED) is 0.545. The minimum absolute atomic E-state index is 0.0714. The van der Waals surface area contributed by atoms with Gasteiger partial charge in [0.15, 0.2) is 5.78 Å². The first-order valence-electron chi connectivity index (χ1n) is 8.69. The molecule has 3 aromatic carbocycles. The minimum atomic E-state index is -0.326. The van der Waals surface area contributed by atoms with Crippen LogP contribution in [-0.2, 0) is 4.74 Å². The molecule has 0 saturated carbocycles. The summed E-state index contributed by atoms with van der Waals surface area (Å²) >= 11 is 0. The maximum Gasteiger partial charge on any atom is 0.192 e. The molecule has 0 aliphatic heterocycles. The smallest absolute Gasteiger partial charge is 0.192 e. The predicted octanol–water partition coefficient (Wildman–Crippen LogP) is 4.69. The molecule has 0 unspecified atom stereocenters. The van der Waals surface area contributed by atoms with Crippen molar-refractivity contribution in [2.75, 3.05) is 20.8 Å². The summed E-state index contributed by atoms with van der Waals surface area (Å²) in [6.45, 7) is -0.0714. The Balaban J connectivity index is 1.83. The van der Waals surface area contributed by atoms with Gasteiger partial charge in [-0.2, -0.15) is 0 Å². The van der Waals surface area contributed by atoms with E-state index in [1.165, 1.54) is 7.11 Å². The van der Waals surface area contributed by atoms with Gasteiger partial charge < -0.3 is 14.2 Å². The van der Waals surface area contributed by atoms with Crippen LogP contribution in [0.1, 0.15) is 27.6 Å². The zero-order valence-electron chi connectivity index (χ0n) is 15.4. The molecule has 3 aromatic rings. The molecule has 0 atom stereocenters. The number of rotatable bonds is 8. The summed E-state index contributed by atoms with van der Waals surface area (Å²) in [5, 5.41) is 0. The van der Waals surface area contributed by atoms with Gasteiger partial charge in [-0.25, -0.2) is 0 Å². The molecule has 4 heteroatoms. The van der Waals surface area contributed by atoms with Crippen LogP contribution < -0.4 is 9.47 Å². The number of methoxy groups -OCH3 is 2. The topological polar surface area (TPSA) is 44.8 Å². The van der Waals surface area contributed by atoms with E-state index in [0.717, 1.165) is 11.1 Å². The lowest BCUT2D eigenvalue weighted by molar-refractivity contribution is 0.0588. The lowest BCUT2D eigenvalue weighted by Crippen LogP contribution is -2.15. The van der Waals surface area contributed by atoms with Crippen molar-refractivity contribution in [1.82, 2.24) is 0 Å². The highest BCUT2D eigenvalue weighted by Crippen LogP contribution is 2.28. The summed E-state index contributed by atoms with van der Waals surface area (Å²) in [6.07, 6.45) is -0.326. The van der Waals surface area contributed by atoms with E-state index in [2.05, 4.69) is 0 Å². The third kappa shape index (κ3) is 4.54. The number of carbonyl (C=O) groups excluding carboxylic acids is 1. The maximum atomic E-state index is 12.8. The van der Waals surface area contributed by atoms with E-state index in [-0.39, 0.29) is 18.5 Å². The summed E-state index contributed by atoms with van der Waals surface area (Å²) < 4.78 is 16.6. The number of ether oxygens (including phenoxy) is 3. The van der Waals surface area contributed by atoms with E-state index < -0.39 is 0 Å². The molecule has 0 aromatic heterocycles. The van der Waals surface area contributed by atoms with E-state index in [0.29, 0.717) is 17.1 Å². The molecule has 0 aliphatic carbocycles. The fraction of sp³-hybridized carbons (Fsp3) is 0.174. The van der Waals surface area contributed by atoms with Gasteiger partial charge in [0.05, 0.1) is 19.8 Å². The van der Waals surface area contributed by atoms with Gasteiger partial charge in [0.2, 0.25) is 0 Å². The van der Waals surface area contributed by atoms with Gasteiger partial charge >= 0.3 is 0 Å². The highest BCUT2D eigenvalue weighted by Gasteiger charge is 2.19. The lowest BCUT2D eigenvalue weighted by atomic mass is 10.0. The molecule has 0 aliphatic rings. The number of hydrogen-bond acceptors (Lipinski definition) is 4. The lowest BCUT2D eigenvalue weighted by Gasteiger charge is -2.19. The summed E-state index contributed by atoms with van der Waals surface area (Å²) in [4.78, 5) is 12.8. The molecule has 0 saturated heterocycles. The second kappa shape index (κ2) is 9.01. The van der Waals surface area contributed by atoms with Gasteiger partial charge in [0, 0.05) is 0 Å². The summed E-state index contributed by atoms with van der Waals surface area (Å²) in [7, 11) is 3.10. The van der Waals surface area contributed by atoms with E-state index in [4.69, 9.17) is 14.2 Å². The van der Waals surface area contributed by atoms with Crippen LogP contribution in [-0.4, -0.2) is 26.6 Å². The second-order valence-electron chi connectivity index (χ2n) is 6.00. The number of carbonyl (C=O) groups is 1. The molecule has 0 heterocycles. The van der Waals surface area contributed by atoms with Crippen molar-refractivity contribution in [1.29, 1.82) is 0 Å². The molecule has 0 radical (unpaired) electrons. The number of Topliss-reactive ketones (excluding diaryl/α,β-unsaturated/α-hetero) is 1. The molecule has 3 rings (SSSR count). The average Bonchev–Trinajstić information content (AvgIpc) is 2.74. The predicted molar refractivity (Wildman–Crippen MR) is 105 cm³/mol. The normalized spacial score (nSPS) is 10.6. The third-order valence-corrected chi connectivity index (χ3v) is 4.29. The van der Waals surface area contributed by atoms with Gasteiger partial charge in [-0.15, -0.1) is 0 Å². The fourth-order valence-electron chi connectivity index (χ4n) is 2.91. The minimum Gasteiger partial charge on any atom is -0.497 e. The summed E-state index contributed by atoms with van der Waals surface area (Å²) in [5.74, 6) is 0.935. The van der Waals surface area contributed by atoms with E-state index >= 15 is 0 Å². The molecule has 27 heavy (non-hydrogen) atoms. The van der Waals surface area contributed by atoms with Crippen LogP contribution in [0.25, 0.3) is 0 Å². The first kappa shape index (κ1) is 18.7. The standard InChI is InChI=1S/C23H22O4/c1-25-19-13-14-22(26-2)20(15-19)21(24)16-27-23(17-9-5-3-6-10-17)18-11-7-4-8-12-18/h3-15,23H,16H2,1-2H3. The molecule has 0 spiro atoms. The zero-order chi connectivity index (χ0) is 19.1. The zero-order valence-corrected chi connectivity index (χ0v) is 15.4. The molecule has 0 bridgehead atoms. The Morgan fingerprint density at radius 1 is 0.815 bits per heavy atom. The Labute approximate surface area is 159 Å². The van der Waals surface area contributed by atoms with Crippen LogP contribution in [0.4, 0.5) is 0 Å². The molecular formula is C23H22O4. The monoisotopic (exact) mass is 362 g/mol. The number of ketones is 1. The van der Waals surface area contributed by atoms with Crippen LogP contribution >= 0.6 is 0 Å². The van der Waals surface area contributed by atoms with Crippen molar-refractivity contribution in [3.05, 3.63) is 95.6 Å². The second-order valence-corrected chi connectivity index (χ2v) is 6.00. The van der Waals surface area contributed by atoms with Gasteiger partial charge in [-0.3, -0.25) is 4.79 Å². The van der Waals surface area contributed by atoms with Crippen molar-refractivity contribution in [2.45, 2.75) is 6.10 Å². The van der Waals surface area contributed by atoms with Crippen LogP contribution in [0.15, 0.2) is 78.9 Å². The van der Waals surface area contributed by atoms with Crippen molar-refractivity contribution < 1.29 is 19.0 Å². The fourth-order valence-corrected chi connectivity index (χ4v) is 2.91. The number of benzene rings is 3. The molecule has 0 fully saturated rings. The van der Waals surface area contributed by atoms with Gasteiger partial charge in [0.1, 0.15) is 24.2 Å². The van der Waals surface area contributed by atoms with Gasteiger partial charge in [0.25, 0.3) is 0 Å². The maximum absolute atomic E-state index is 12.8.